The van der Waals surface area contributed by atoms with Crippen molar-refractivity contribution in [1.82, 2.24) is 9.88 Å². The van der Waals surface area contributed by atoms with Crippen LogP contribution in [0.2, 0.25) is 0 Å². The summed E-state index contributed by atoms with van der Waals surface area (Å²) in [6, 6.07) is 7.01. The second-order valence-corrected chi connectivity index (χ2v) is 7.26. The lowest BCUT2D eigenvalue weighted by molar-refractivity contribution is -0.135. The molecule has 138 valence electrons. The number of carbonyl (C=O) groups excluding carboxylic acids is 2. The van der Waals surface area contributed by atoms with Crippen molar-refractivity contribution in [1.29, 1.82) is 0 Å². The van der Waals surface area contributed by atoms with Gasteiger partial charge in [0.1, 0.15) is 5.75 Å². The first-order chi connectivity index (χ1) is 12.6. The van der Waals surface area contributed by atoms with Crippen LogP contribution in [0.25, 0.3) is 0 Å². The van der Waals surface area contributed by atoms with E-state index in [1.165, 1.54) is 0 Å². The molecule has 1 fully saturated rings. The van der Waals surface area contributed by atoms with Gasteiger partial charge in [0.25, 0.3) is 0 Å². The lowest BCUT2D eigenvalue weighted by atomic mass is 9.98. The monoisotopic (exact) mass is 373 g/mol. The lowest BCUT2D eigenvalue weighted by Gasteiger charge is -2.35. The number of anilines is 1. The molecule has 0 N–H and O–H groups in total. The summed E-state index contributed by atoms with van der Waals surface area (Å²) in [5.41, 5.74) is 0.610. The Hall–Kier alpha value is -2.41. The topological polar surface area (TPSA) is 62.7 Å². The van der Waals surface area contributed by atoms with E-state index in [0.717, 1.165) is 18.2 Å². The Morgan fingerprint density at radius 3 is 2.46 bits per heavy atom. The highest BCUT2D eigenvalue weighted by atomic mass is 32.1. The molecule has 1 aromatic carbocycles. The zero-order valence-corrected chi connectivity index (χ0v) is 15.9. The summed E-state index contributed by atoms with van der Waals surface area (Å²) in [5.74, 6) is 0.417. The minimum atomic E-state index is -0.323. The summed E-state index contributed by atoms with van der Waals surface area (Å²) < 4.78 is 5.10. The van der Waals surface area contributed by atoms with Crippen LogP contribution < -0.4 is 9.64 Å². The van der Waals surface area contributed by atoms with Crippen molar-refractivity contribution in [2.75, 3.05) is 38.2 Å². The Bertz CT molecular complexity index is 738. The van der Waals surface area contributed by atoms with Crippen LogP contribution in [-0.2, 0) is 4.79 Å². The van der Waals surface area contributed by atoms with Crippen molar-refractivity contribution in [3.63, 3.8) is 0 Å². The molecule has 1 aliphatic rings. The van der Waals surface area contributed by atoms with Gasteiger partial charge in [-0.25, -0.2) is 4.98 Å². The van der Waals surface area contributed by atoms with Gasteiger partial charge in [0, 0.05) is 55.7 Å². The van der Waals surface area contributed by atoms with Crippen LogP contribution in [0.3, 0.4) is 0 Å². The second kappa shape index (κ2) is 8.31. The Balaban J connectivity index is 1.52. The molecule has 0 saturated carbocycles. The number of methoxy groups -OCH3 is 1. The lowest BCUT2D eigenvalue weighted by Crippen LogP contribution is -2.50. The average Bonchev–Trinajstić information content (AvgIpc) is 3.22. The Kier molecular flexibility index (Phi) is 5.88. The molecule has 0 spiro atoms. The van der Waals surface area contributed by atoms with Gasteiger partial charge < -0.3 is 14.5 Å². The molecule has 1 saturated heterocycles. The number of benzene rings is 1. The van der Waals surface area contributed by atoms with Gasteiger partial charge in [0.2, 0.25) is 5.91 Å². The molecule has 2 heterocycles. The summed E-state index contributed by atoms with van der Waals surface area (Å²) in [6.45, 7) is 4.71. The van der Waals surface area contributed by atoms with E-state index in [4.69, 9.17) is 4.74 Å². The van der Waals surface area contributed by atoms with Crippen molar-refractivity contribution in [2.24, 2.45) is 5.92 Å². The highest BCUT2D eigenvalue weighted by Crippen LogP contribution is 2.21. The number of Topliss-reactive ketones (excluding diaryl/α,β-unsaturated/α-hetero) is 1. The van der Waals surface area contributed by atoms with Crippen LogP contribution in [-0.4, -0.2) is 54.9 Å². The van der Waals surface area contributed by atoms with Gasteiger partial charge in [-0.15, -0.1) is 11.3 Å². The fourth-order valence-electron chi connectivity index (χ4n) is 3.06. The molecule has 1 amide bonds. The summed E-state index contributed by atoms with van der Waals surface area (Å²) >= 11 is 1.61. The van der Waals surface area contributed by atoms with Crippen molar-refractivity contribution >= 4 is 28.2 Å². The van der Waals surface area contributed by atoms with Crippen LogP contribution in [0.15, 0.2) is 35.8 Å². The molecule has 1 unspecified atom stereocenters. The fraction of sp³-hybridized carbons (Fsp3) is 0.421. The van der Waals surface area contributed by atoms with E-state index in [-0.39, 0.29) is 24.0 Å². The first-order valence-corrected chi connectivity index (χ1v) is 9.57. The average molecular weight is 373 g/mol. The van der Waals surface area contributed by atoms with E-state index in [2.05, 4.69) is 9.88 Å². The number of thiazole rings is 1. The molecule has 0 radical (unpaired) electrons. The Morgan fingerprint density at radius 1 is 1.19 bits per heavy atom. The van der Waals surface area contributed by atoms with E-state index >= 15 is 0 Å². The van der Waals surface area contributed by atoms with E-state index in [1.807, 2.05) is 17.2 Å². The van der Waals surface area contributed by atoms with Crippen molar-refractivity contribution in [3.05, 3.63) is 41.4 Å². The maximum absolute atomic E-state index is 12.7. The van der Waals surface area contributed by atoms with Crippen LogP contribution in [0.4, 0.5) is 5.13 Å². The largest absolute Gasteiger partial charge is 0.497 e. The van der Waals surface area contributed by atoms with Crippen molar-refractivity contribution in [3.8, 4) is 5.75 Å². The highest BCUT2D eigenvalue weighted by Gasteiger charge is 2.27. The molecule has 1 atom stereocenters. The zero-order valence-electron chi connectivity index (χ0n) is 15.1. The number of nitrogens with zero attached hydrogens (tertiary/aromatic N) is 3. The second-order valence-electron chi connectivity index (χ2n) is 6.38. The first kappa shape index (κ1) is 18.4. The maximum atomic E-state index is 12.7. The third kappa shape index (κ3) is 4.22. The van der Waals surface area contributed by atoms with Gasteiger partial charge in [0.15, 0.2) is 10.9 Å². The number of ketones is 1. The predicted molar refractivity (Wildman–Crippen MR) is 102 cm³/mol. The summed E-state index contributed by atoms with van der Waals surface area (Å²) in [4.78, 5) is 33.5. The normalized spacial score (nSPS) is 15.6. The number of ether oxygens (including phenoxy) is 1. The predicted octanol–water partition coefficient (Wildman–Crippen LogP) is 2.71. The molecule has 1 aliphatic heterocycles. The SMILES string of the molecule is COc1ccc(C(=O)CC(C)C(=O)N2CCN(c3nccs3)CC2)cc1. The Morgan fingerprint density at radius 2 is 1.88 bits per heavy atom. The van der Waals surface area contributed by atoms with Crippen LogP contribution in [0.5, 0.6) is 5.75 Å². The highest BCUT2D eigenvalue weighted by molar-refractivity contribution is 7.13. The maximum Gasteiger partial charge on any atom is 0.225 e. The molecule has 1 aromatic heterocycles. The molecule has 0 aliphatic carbocycles. The summed E-state index contributed by atoms with van der Waals surface area (Å²) in [6.07, 6.45) is 2.02. The smallest absolute Gasteiger partial charge is 0.225 e. The molecule has 6 nitrogen and oxygen atoms in total. The summed E-state index contributed by atoms with van der Waals surface area (Å²) in [7, 11) is 1.59. The zero-order chi connectivity index (χ0) is 18.5. The fourth-order valence-corrected chi connectivity index (χ4v) is 3.76. The van der Waals surface area contributed by atoms with Crippen LogP contribution >= 0.6 is 11.3 Å². The van der Waals surface area contributed by atoms with E-state index in [9.17, 15) is 9.59 Å². The van der Waals surface area contributed by atoms with E-state index in [0.29, 0.717) is 24.4 Å². The molecular formula is C19H23N3O3S. The number of rotatable bonds is 6. The molecular weight excluding hydrogens is 350 g/mol. The van der Waals surface area contributed by atoms with E-state index in [1.54, 1.807) is 48.9 Å². The standard InChI is InChI=1S/C19H23N3O3S/c1-14(13-17(23)15-3-5-16(25-2)6-4-15)18(24)21-8-10-22(11-9-21)19-20-7-12-26-19/h3-7,12,14H,8-11,13H2,1-2H3. The third-order valence-electron chi connectivity index (χ3n) is 4.61. The number of piperazine rings is 1. The molecule has 2 aromatic rings. The molecule has 7 heteroatoms. The number of carbonyl (C=O) groups is 2. The Labute approximate surface area is 157 Å². The quantitative estimate of drug-likeness (QED) is 0.729. The molecule has 3 rings (SSSR count). The minimum absolute atomic E-state index is 0.0186. The number of aromatic nitrogens is 1. The number of hydrogen-bond acceptors (Lipinski definition) is 6. The van der Waals surface area contributed by atoms with E-state index < -0.39 is 0 Å². The van der Waals surface area contributed by atoms with Crippen molar-refractivity contribution in [2.45, 2.75) is 13.3 Å². The first-order valence-electron chi connectivity index (χ1n) is 8.69. The summed E-state index contributed by atoms with van der Waals surface area (Å²) in [5, 5.41) is 2.96. The third-order valence-corrected chi connectivity index (χ3v) is 5.44. The van der Waals surface area contributed by atoms with Gasteiger partial charge in [-0.05, 0) is 24.3 Å². The molecule has 26 heavy (non-hydrogen) atoms. The van der Waals surface area contributed by atoms with Gasteiger partial charge in [-0.3, -0.25) is 9.59 Å². The molecule has 0 bridgehead atoms. The van der Waals surface area contributed by atoms with Crippen LogP contribution in [0, 0.1) is 5.92 Å². The van der Waals surface area contributed by atoms with Gasteiger partial charge in [0.05, 0.1) is 7.11 Å². The van der Waals surface area contributed by atoms with Gasteiger partial charge in [-0.1, -0.05) is 6.92 Å². The van der Waals surface area contributed by atoms with Gasteiger partial charge >= 0.3 is 0 Å². The van der Waals surface area contributed by atoms with Crippen LogP contribution in [0.1, 0.15) is 23.7 Å². The number of hydrogen-bond donors (Lipinski definition) is 0. The van der Waals surface area contributed by atoms with Gasteiger partial charge in [-0.2, -0.15) is 0 Å². The minimum Gasteiger partial charge on any atom is -0.497 e. The number of amides is 1. The van der Waals surface area contributed by atoms with Crippen molar-refractivity contribution < 1.29 is 14.3 Å².